The lowest BCUT2D eigenvalue weighted by Gasteiger charge is -2.33. The maximum atomic E-state index is 5.72. The number of nitrogens with one attached hydrogen (secondary N) is 1. The molecule has 0 radical (unpaired) electrons. The number of hydrogen-bond acceptors (Lipinski definition) is 3. The molecule has 1 N–H and O–H groups in total. The fourth-order valence-corrected chi connectivity index (χ4v) is 2.79. The van der Waals surface area contributed by atoms with Crippen molar-refractivity contribution in [3.63, 3.8) is 0 Å². The van der Waals surface area contributed by atoms with E-state index in [0.717, 1.165) is 19.1 Å². The van der Waals surface area contributed by atoms with Crippen molar-refractivity contribution >= 4 is 0 Å². The maximum absolute atomic E-state index is 5.72. The fourth-order valence-electron chi connectivity index (χ4n) is 2.79. The molecule has 2 rings (SSSR count). The second kappa shape index (κ2) is 5.83. The maximum Gasteiger partial charge on any atom is 0.0702 e. The topological polar surface area (TPSA) is 24.5 Å². The molecule has 2 aliphatic rings. The van der Waals surface area contributed by atoms with E-state index < -0.39 is 0 Å². The Kier molecular flexibility index (Phi) is 4.42. The van der Waals surface area contributed by atoms with E-state index in [1.54, 1.807) is 0 Å². The predicted molar refractivity (Wildman–Crippen MR) is 62.1 cm³/mol. The highest BCUT2D eigenvalue weighted by Gasteiger charge is 2.23. The summed E-state index contributed by atoms with van der Waals surface area (Å²) < 4.78 is 5.72. The summed E-state index contributed by atoms with van der Waals surface area (Å²) in [6.45, 7) is 9.10. The largest absolute Gasteiger partial charge is 0.377 e. The van der Waals surface area contributed by atoms with Gasteiger partial charge in [0.05, 0.1) is 6.10 Å². The SMILES string of the molecule is CCOC1CCCN(CC2CCNC2)C1. The fraction of sp³-hybridized carbons (Fsp3) is 1.00. The number of ether oxygens (including phenoxy) is 1. The Hall–Kier alpha value is -0.120. The summed E-state index contributed by atoms with van der Waals surface area (Å²) in [5, 5.41) is 3.44. The summed E-state index contributed by atoms with van der Waals surface area (Å²) in [6, 6.07) is 0. The Bertz CT molecular complexity index is 178. The Morgan fingerprint density at radius 2 is 2.33 bits per heavy atom. The quantitative estimate of drug-likeness (QED) is 0.755. The smallest absolute Gasteiger partial charge is 0.0702 e. The highest BCUT2D eigenvalue weighted by molar-refractivity contribution is 4.79. The van der Waals surface area contributed by atoms with Gasteiger partial charge in [0.25, 0.3) is 0 Å². The van der Waals surface area contributed by atoms with E-state index in [1.165, 1.54) is 45.4 Å². The molecule has 3 nitrogen and oxygen atoms in total. The van der Waals surface area contributed by atoms with E-state index in [9.17, 15) is 0 Å². The van der Waals surface area contributed by atoms with Crippen LogP contribution < -0.4 is 5.32 Å². The molecular weight excluding hydrogens is 188 g/mol. The third-order valence-corrected chi connectivity index (χ3v) is 3.54. The van der Waals surface area contributed by atoms with Crippen molar-refractivity contribution in [2.45, 2.75) is 32.3 Å². The molecule has 0 aromatic carbocycles. The molecule has 0 aliphatic carbocycles. The molecule has 2 heterocycles. The van der Waals surface area contributed by atoms with Crippen LogP contribution in [0.3, 0.4) is 0 Å². The second-order valence-corrected chi connectivity index (χ2v) is 4.84. The van der Waals surface area contributed by atoms with Gasteiger partial charge in [-0.3, -0.25) is 0 Å². The minimum Gasteiger partial charge on any atom is -0.377 e. The number of nitrogens with zero attached hydrogens (tertiary/aromatic N) is 1. The van der Waals surface area contributed by atoms with Crippen molar-refractivity contribution in [2.75, 3.05) is 39.3 Å². The molecule has 0 bridgehead atoms. The molecule has 2 unspecified atom stereocenters. The molecule has 88 valence electrons. The standard InChI is InChI=1S/C12H24N2O/c1-2-15-12-4-3-7-14(10-12)9-11-5-6-13-8-11/h11-13H,2-10H2,1H3. The number of piperidine rings is 1. The molecule has 2 saturated heterocycles. The predicted octanol–water partition coefficient (Wildman–Crippen LogP) is 1.10. The third kappa shape index (κ3) is 3.44. The van der Waals surface area contributed by atoms with Crippen LogP contribution in [-0.4, -0.2) is 50.3 Å². The summed E-state index contributed by atoms with van der Waals surface area (Å²) in [7, 11) is 0. The average Bonchev–Trinajstić information content (AvgIpc) is 2.71. The Morgan fingerprint density at radius 1 is 1.40 bits per heavy atom. The molecule has 0 aromatic rings. The summed E-state index contributed by atoms with van der Waals surface area (Å²) in [6.07, 6.45) is 4.42. The van der Waals surface area contributed by atoms with Crippen molar-refractivity contribution < 1.29 is 4.74 Å². The van der Waals surface area contributed by atoms with Crippen LogP contribution in [0.2, 0.25) is 0 Å². The van der Waals surface area contributed by atoms with E-state index in [0.29, 0.717) is 6.10 Å². The zero-order chi connectivity index (χ0) is 10.5. The van der Waals surface area contributed by atoms with Gasteiger partial charge in [-0.25, -0.2) is 0 Å². The van der Waals surface area contributed by atoms with E-state index >= 15 is 0 Å². The van der Waals surface area contributed by atoms with Gasteiger partial charge in [-0.1, -0.05) is 0 Å². The van der Waals surface area contributed by atoms with E-state index in [1.807, 2.05) is 0 Å². The third-order valence-electron chi connectivity index (χ3n) is 3.54. The van der Waals surface area contributed by atoms with Crippen LogP contribution >= 0.6 is 0 Å². The van der Waals surface area contributed by atoms with Gasteiger partial charge in [-0.15, -0.1) is 0 Å². The first-order valence-corrected chi connectivity index (χ1v) is 6.43. The molecule has 0 saturated carbocycles. The second-order valence-electron chi connectivity index (χ2n) is 4.84. The number of likely N-dealkylation sites (tertiary alicyclic amines) is 1. The molecule has 2 aliphatic heterocycles. The minimum atomic E-state index is 0.498. The highest BCUT2D eigenvalue weighted by atomic mass is 16.5. The molecule has 0 amide bonds. The number of hydrogen-bond donors (Lipinski definition) is 1. The van der Waals surface area contributed by atoms with Crippen molar-refractivity contribution in [2.24, 2.45) is 5.92 Å². The summed E-state index contributed by atoms with van der Waals surface area (Å²) >= 11 is 0. The monoisotopic (exact) mass is 212 g/mol. The average molecular weight is 212 g/mol. The summed E-state index contributed by atoms with van der Waals surface area (Å²) in [4.78, 5) is 2.60. The molecule has 15 heavy (non-hydrogen) atoms. The van der Waals surface area contributed by atoms with E-state index in [-0.39, 0.29) is 0 Å². The summed E-state index contributed by atoms with van der Waals surface area (Å²) in [5.74, 6) is 0.880. The Morgan fingerprint density at radius 3 is 3.07 bits per heavy atom. The van der Waals surface area contributed by atoms with Crippen molar-refractivity contribution in [3.8, 4) is 0 Å². The zero-order valence-corrected chi connectivity index (χ0v) is 9.87. The lowest BCUT2D eigenvalue weighted by atomic mass is 10.0. The first-order valence-electron chi connectivity index (χ1n) is 6.43. The van der Waals surface area contributed by atoms with Gasteiger partial charge in [-0.05, 0) is 51.7 Å². The van der Waals surface area contributed by atoms with Gasteiger partial charge in [-0.2, -0.15) is 0 Å². The van der Waals surface area contributed by atoms with Crippen LogP contribution in [0, 0.1) is 5.92 Å². The minimum absolute atomic E-state index is 0.498. The first-order chi connectivity index (χ1) is 7.38. The van der Waals surface area contributed by atoms with Gasteiger partial charge < -0.3 is 15.0 Å². The van der Waals surface area contributed by atoms with Gasteiger partial charge in [0.2, 0.25) is 0 Å². The van der Waals surface area contributed by atoms with Crippen molar-refractivity contribution in [1.82, 2.24) is 10.2 Å². The van der Waals surface area contributed by atoms with Gasteiger partial charge in [0, 0.05) is 19.7 Å². The van der Waals surface area contributed by atoms with Crippen molar-refractivity contribution in [1.29, 1.82) is 0 Å². The number of rotatable bonds is 4. The van der Waals surface area contributed by atoms with Crippen LogP contribution in [0.5, 0.6) is 0 Å². The van der Waals surface area contributed by atoms with E-state index in [2.05, 4.69) is 17.1 Å². The van der Waals surface area contributed by atoms with Crippen LogP contribution in [0.4, 0.5) is 0 Å². The van der Waals surface area contributed by atoms with Crippen LogP contribution in [-0.2, 0) is 4.74 Å². The lowest BCUT2D eigenvalue weighted by Crippen LogP contribution is -2.42. The van der Waals surface area contributed by atoms with E-state index in [4.69, 9.17) is 4.74 Å². The normalized spacial score (nSPS) is 33.4. The summed E-state index contributed by atoms with van der Waals surface area (Å²) in [5.41, 5.74) is 0. The molecule has 0 aromatic heterocycles. The highest BCUT2D eigenvalue weighted by Crippen LogP contribution is 2.17. The first kappa shape index (κ1) is 11.4. The molecule has 3 heteroatoms. The van der Waals surface area contributed by atoms with Gasteiger partial charge in [0.1, 0.15) is 0 Å². The molecule has 0 spiro atoms. The Labute approximate surface area is 93.2 Å². The van der Waals surface area contributed by atoms with Crippen molar-refractivity contribution in [3.05, 3.63) is 0 Å². The Balaban J connectivity index is 1.71. The van der Waals surface area contributed by atoms with Crippen LogP contribution in [0.1, 0.15) is 26.2 Å². The molecular formula is C12H24N2O. The van der Waals surface area contributed by atoms with Crippen LogP contribution in [0.15, 0.2) is 0 Å². The van der Waals surface area contributed by atoms with Gasteiger partial charge >= 0.3 is 0 Å². The van der Waals surface area contributed by atoms with Crippen LogP contribution in [0.25, 0.3) is 0 Å². The zero-order valence-electron chi connectivity index (χ0n) is 9.87. The van der Waals surface area contributed by atoms with Gasteiger partial charge in [0.15, 0.2) is 0 Å². The lowest BCUT2D eigenvalue weighted by molar-refractivity contribution is 0.00253. The molecule has 2 fully saturated rings. The molecule has 2 atom stereocenters.